The van der Waals surface area contributed by atoms with Crippen LogP contribution in [-0.4, -0.2) is 23.0 Å². The number of carbonyl (C=O) groups excluding carboxylic acids is 1. The van der Waals surface area contributed by atoms with Crippen molar-refractivity contribution in [3.8, 4) is 0 Å². The molecule has 1 rings (SSSR count). The number of carbonyl (C=O) groups is 1. The Bertz CT molecular complexity index is 313. The van der Waals surface area contributed by atoms with Crippen molar-refractivity contribution in [2.75, 3.05) is 12.9 Å². The van der Waals surface area contributed by atoms with E-state index in [1.165, 1.54) is 0 Å². The molecule has 3 N–H and O–H groups in total. The van der Waals surface area contributed by atoms with E-state index in [4.69, 9.17) is 5.73 Å². The minimum atomic E-state index is -1.17. The van der Waals surface area contributed by atoms with Crippen LogP contribution in [0.4, 0.5) is 0 Å². The van der Waals surface area contributed by atoms with E-state index in [0.717, 1.165) is 0 Å². The maximum Gasteiger partial charge on any atom is 0.251 e. The predicted molar refractivity (Wildman–Crippen MR) is 55.3 cm³/mol. The summed E-state index contributed by atoms with van der Waals surface area (Å²) < 4.78 is 11.2. The average Bonchev–Trinajstić information content (AvgIpc) is 2.27. The molecule has 1 aromatic carbocycles. The minimum Gasteiger partial charge on any atom is -0.355 e. The normalized spacial score (nSPS) is 12.1. The third-order valence-electron chi connectivity index (χ3n) is 1.76. The van der Waals surface area contributed by atoms with Gasteiger partial charge in [0.15, 0.2) is 0 Å². The van der Waals surface area contributed by atoms with Crippen LogP contribution in [0.2, 0.25) is 0 Å². The van der Waals surface area contributed by atoms with Crippen LogP contribution >= 0.6 is 0 Å². The van der Waals surface area contributed by atoms with Crippen LogP contribution in [0.1, 0.15) is 10.4 Å². The van der Waals surface area contributed by atoms with Crippen LogP contribution in [0, 0.1) is 0 Å². The van der Waals surface area contributed by atoms with Gasteiger partial charge in [0.05, 0.1) is 16.7 Å². The molecule has 0 saturated heterocycles. The Morgan fingerprint density at radius 1 is 1.43 bits per heavy atom. The number of rotatable bonds is 3. The zero-order chi connectivity index (χ0) is 10.6. The van der Waals surface area contributed by atoms with Gasteiger partial charge in [-0.05, 0) is 24.3 Å². The van der Waals surface area contributed by atoms with Crippen molar-refractivity contribution in [1.29, 1.82) is 0 Å². The lowest BCUT2D eigenvalue weighted by molar-refractivity contribution is 0.0963. The second kappa shape index (κ2) is 4.88. The number of hydrogen-bond donors (Lipinski definition) is 2. The number of hydrogen-bond acceptors (Lipinski definition) is 3. The lowest BCUT2D eigenvalue weighted by Crippen LogP contribution is -2.17. The molecular weight excluding hydrogens is 200 g/mol. The largest absolute Gasteiger partial charge is 0.355 e. The molecule has 4 nitrogen and oxygen atoms in total. The van der Waals surface area contributed by atoms with Crippen molar-refractivity contribution in [3.05, 3.63) is 29.8 Å². The smallest absolute Gasteiger partial charge is 0.251 e. The van der Waals surface area contributed by atoms with Crippen molar-refractivity contribution in [2.24, 2.45) is 5.73 Å². The number of nitrogens with two attached hydrogens (primary N) is 1. The Hall–Kier alpha value is -1.20. The van der Waals surface area contributed by atoms with E-state index in [1.54, 1.807) is 31.3 Å². The molecule has 1 unspecified atom stereocenters. The summed E-state index contributed by atoms with van der Waals surface area (Å²) in [6, 6.07) is 6.55. The lowest BCUT2D eigenvalue weighted by atomic mass is 10.2. The number of benzene rings is 1. The summed E-state index contributed by atoms with van der Waals surface area (Å²) in [6.07, 6.45) is 0. The highest BCUT2D eigenvalue weighted by Crippen LogP contribution is 2.07. The maximum atomic E-state index is 11.2. The van der Waals surface area contributed by atoms with E-state index in [0.29, 0.717) is 10.5 Å². The molecule has 76 valence electrons. The van der Waals surface area contributed by atoms with Gasteiger partial charge >= 0.3 is 0 Å². The predicted octanol–water partition coefficient (Wildman–Crippen LogP) is 0.0700. The molecule has 0 fully saturated rings. The fourth-order valence-electron chi connectivity index (χ4n) is 0.999. The van der Waals surface area contributed by atoms with E-state index in [9.17, 15) is 9.00 Å². The van der Waals surface area contributed by atoms with Gasteiger partial charge in [-0.25, -0.2) is 0 Å². The molecule has 1 atom stereocenters. The minimum absolute atomic E-state index is 0.0965. The van der Waals surface area contributed by atoms with Gasteiger partial charge in [0.1, 0.15) is 0 Å². The van der Waals surface area contributed by atoms with Crippen LogP contribution in [0.15, 0.2) is 29.2 Å². The van der Waals surface area contributed by atoms with Gasteiger partial charge in [-0.1, -0.05) is 0 Å². The van der Waals surface area contributed by atoms with Crippen molar-refractivity contribution < 1.29 is 9.00 Å². The Morgan fingerprint density at radius 3 is 2.43 bits per heavy atom. The molecule has 14 heavy (non-hydrogen) atoms. The lowest BCUT2D eigenvalue weighted by Gasteiger charge is -2.01. The van der Waals surface area contributed by atoms with E-state index in [2.05, 4.69) is 5.32 Å². The number of nitrogens with one attached hydrogen (secondary N) is 1. The molecule has 0 bridgehead atoms. The molecule has 5 heteroatoms. The number of amides is 1. The maximum absolute atomic E-state index is 11.2. The molecular formula is C9H12N2O2S. The average molecular weight is 212 g/mol. The standard InChI is InChI=1S/C9H12N2O2S/c1-11-9(12)7-2-4-8(5-3-7)14(13)6-10/h2-5H,6,10H2,1H3,(H,11,12). The van der Waals surface area contributed by atoms with Crippen LogP contribution in [0.3, 0.4) is 0 Å². The summed E-state index contributed by atoms with van der Waals surface area (Å²) in [7, 11) is 0.396. The molecule has 0 aliphatic carbocycles. The molecule has 0 aliphatic rings. The first-order chi connectivity index (χ1) is 6.69. The van der Waals surface area contributed by atoms with E-state index in [-0.39, 0.29) is 11.8 Å². The highest BCUT2D eigenvalue weighted by atomic mass is 32.2. The van der Waals surface area contributed by atoms with Crippen LogP contribution in [0.5, 0.6) is 0 Å². The second-order valence-electron chi connectivity index (χ2n) is 2.62. The van der Waals surface area contributed by atoms with E-state index in [1.807, 2.05) is 0 Å². The summed E-state index contributed by atoms with van der Waals surface area (Å²) in [5, 5.41) is 2.50. The first-order valence-corrected chi connectivity index (χ1v) is 5.41. The van der Waals surface area contributed by atoms with Crippen molar-refractivity contribution in [1.82, 2.24) is 5.32 Å². The van der Waals surface area contributed by atoms with Crippen LogP contribution < -0.4 is 11.1 Å². The highest BCUT2D eigenvalue weighted by molar-refractivity contribution is 7.85. The zero-order valence-corrected chi connectivity index (χ0v) is 8.64. The monoisotopic (exact) mass is 212 g/mol. The van der Waals surface area contributed by atoms with E-state index < -0.39 is 10.8 Å². The Morgan fingerprint density at radius 2 is 2.00 bits per heavy atom. The van der Waals surface area contributed by atoms with Crippen molar-refractivity contribution in [3.63, 3.8) is 0 Å². The molecule has 0 aliphatic heterocycles. The van der Waals surface area contributed by atoms with E-state index >= 15 is 0 Å². The summed E-state index contributed by atoms with van der Waals surface area (Å²) >= 11 is 0. The summed E-state index contributed by atoms with van der Waals surface area (Å²) in [5.41, 5.74) is 5.80. The second-order valence-corrected chi connectivity index (χ2v) is 4.11. The summed E-state index contributed by atoms with van der Waals surface area (Å²) in [5.74, 6) is -0.0608. The van der Waals surface area contributed by atoms with Crippen molar-refractivity contribution in [2.45, 2.75) is 4.90 Å². The Labute approximate surface area is 85.0 Å². The fraction of sp³-hybridized carbons (Fsp3) is 0.222. The quantitative estimate of drug-likeness (QED) is 0.744. The molecule has 0 spiro atoms. The Balaban J connectivity index is 2.89. The third-order valence-corrected chi connectivity index (χ3v) is 2.86. The van der Waals surface area contributed by atoms with Gasteiger partial charge in [0.25, 0.3) is 5.91 Å². The third kappa shape index (κ3) is 2.40. The van der Waals surface area contributed by atoms with Gasteiger partial charge in [0.2, 0.25) is 0 Å². The van der Waals surface area contributed by atoms with Crippen LogP contribution in [0.25, 0.3) is 0 Å². The molecule has 1 aromatic rings. The molecule has 0 saturated carbocycles. The molecule has 0 aromatic heterocycles. The zero-order valence-electron chi connectivity index (χ0n) is 7.82. The highest BCUT2D eigenvalue weighted by Gasteiger charge is 2.04. The van der Waals surface area contributed by atoms with Gasteiger partial charge < -0.3 is 11.1 Å². The molecule has 1 amide bonds. The van der Waals surface area contributed by atoms with Gasteiger partial charge in [0, 0.05) is 17.5 Å². The van der Waals surface area contributed by atoms with Gasteiger partial charge in [-0.3, -0.25) is 9.00 Å². The Kier molecular flexibility index (Phi) is 3.79. The van der Waals surface area contributed by atoms with Gasteiger partial charge in [-0.2, -0.15) is 0 Å². The van der Waals surface area contributed by atoms with Crippen molar-refractivity contribution >= 4 is 16.7 Å². The summed E-state index contributed by atoms with van der Waals surface area (Å²) in [4.78, 5) is 11.8. The summed E-state index contributed by atoms with van der Waals surface area (Å²) in [6.45, 7) is 0. The van der Waals surface area contributed by atoms with Gasteiger partial charge in [-0.15, -0.1) is 0 Å². The van der Waals surface area contributed by atoms with Crippen LogP contribution in [-0.2, 0) is 10.8 Å². The fourth-order valence-corrected chi connectivity index (χ4v) is 1.63. The first kappa shape index (κ1) is 10.9. The first-order valence-electron chi connectivity index (χ1n) is 4.09. The molecule has 0 heterocycles. The molecule has 0 radical (unpaired) electrons. The SMILES string of the molecule is CNC(=O)c1ccc(S(=O)CN)cc1. The topological polar surface area (TPSA) is 72.2 Å².